The van der Waals surface area contributed by atoms with Gasteiger partial charge in [0.25, 0.3) is 15.9 Å². The molecule has 0 saturated carbocycles. The van der Waals surface area contributed by atoms with Gasteiger partial charge in [-0.2, -0.15) is 4.31 Å². The van der Waals surface area contributed by atoms with Crippen LogP contribution < -0.4 is 10.6 Å². The Kier molecular flexibility index (Phi) is 6.94. The third-order valence-electron chi connectivity index (χ3n) is 4.74. The van der Waals surface area contributed by atoms with Crippen molar-refractivity contribution in [2.24, 2.45) is 0 Å². The fourth-order valence-electron chi connectivity index (χ4n) is 3.27. The summed E-state index contributed by atoms with van der Waals surface area (Å²) in [6.07, 6.45) is 2.91. The van der Waals surface area contributed by atoms with Crippen molar-refractivity contribution in [2.75, 3.05) is 18.4 Å². The highest BCUT2D eigenvalue weighted by Gasteiger charge is 2.29. The Hall–Kier alpha value is -2.65. The third-order valence-corrected chi connectivity index (χ3v) is 6.51. The fourth-order valence-corrected chi connectivity index (χ4v) is 4.70. The Morgan fingerprint density at radius 1 is 1.03 bits per heavy atom. The van der Waals surface area contributed by atoms with Crippen LogP contribution in [-0.4, -0.2) is 43.7 Å². The molecule has 1 fully saturated rings. The predicted molar refractivity (Wildman–Crippen MR) is 113 cm³/mol. The minimum atomic E-state index is -3.72. The van der Waals surface area contributed by atoms with Crippen molar-refractivity contribution in [2.45, 2.75) is 50.7 Å². The molecule has 1 aliphatic heterocycles. The van der Waals surface area contributed by atoms with Gasteiger partial charge >= 0.3 is 0 Å². The Morgan fingerprint density at radius 2 is 1.70 bits per heavy atom. The predicted octanol–water partition coefficient (Wildman–Crippen LogP) is 2.77. The van der Waals surface area contributed by atoms with Gasteiger partial charge in [-0.3, -0.25) is 9.59 Å². The second-order valence-electron chi connectivity index (χ2n) is 7.63. The molecule has 1 aromatic heterocycles. The lowest BCUT2D eigenvalue weighted by Crippen LogP contribution is -2.35. The normalized spacial score (nSPS) is 15.2. The first-order valence-electron chi connectivity index (χ1n) is 10.1. The summed E-state index contributed by atoms with van der Waals surface area (Å²) in [4.78, 5) is 24.3. The van der Waals surface area contributed by atoms with E-state index in [2.05, 4.69) is 10.6 Å². The second kappa shape index (κ2) is 9.44. The largest absolute Gasteiger partial charge is 0.438 e. The van der Waals surface area contributed by atoms with Crippen LogP contribution in [0.15, 0.2) is 45.9 Å². The number of rotatable bonds is 7. The number of amides is 2. The third kappa shape index (κ3) is 5.48. The Morgan fingerprint density at radius 3 is 2.33 bits per heavy atom. The van der Waals surface area contributed by atoms with Crippen LogP contribution in [0.3, 0.4) is 0 Å². The van der Waals surface area contributed by atoms with Gasteiger partial charge in [0.05, 0.1) is 6.42 Å². The molecule has 1 aliphatic rings. The van der Waals surface area contributed by atoms with Crippen LogP contribution in [0.1, 0.15) is 49.2 Å². The van der Waals surface area contributed by atoms with E-state index in [4.69, 9.17) is 4.42 Å². The van der Waals surface area contributed by atoms with Crippen LogP contribution in [0.2, 0.25) is 0 Å². The van der Waals surface area contributed by atoms with E-state index in [0.29, 0.717) is 18.8 Å². The lowest BCUT2D eigenvalue weighted by molar-refractivity contribution is -0.120. The molecule has 2 amide bonds. The van der Waals surface area contributed by atoms with Crippen molar-refractivity contribution in [3.8, 4) is 0 Å². The van der Waals surface area contributed by atoms with Crippen LogP contribution in [-0.2, 0) is 21.2 Å². The van der Waals surface area contributed by atoms with E-state index >= 15 is 0 Å². The minimum Gasteiger partial charge on any atom is -0.438 e. The van der Waals surface area contributed by atoms with Crippen molar-refractivity contribution in [1.82, 2.24) is 9.62 Å². The summed E-state index contributed by atoms with van der Waals surface area (Å²) >= 11 is 0. The molecule has 2 N–H and O–H groups in total. The Balaban J connectivity index is 1.62. The quantitative estimate of drug-likeness (QED) is 0.698. The fraction of sp³-hybridized carbons (Fsp3) is 0.429. The molecule has 0 bridgehead atoms. The Labute approximate surface area is 176 Å². The van der Waals surface area contributed by atoms with E-state index < -0.39 is 15.9 Å². The molecule has 0 spiro atoms. The zero-order valence-electron chi connectivity index (χ0n) is 17.2. The number of sulfonamides is 1. The zero-order chi connectivity index (χ0) is 21.7. The SMILES string of the molecule is CC(C)NC(=O)Cc1ccc(NC(=O)c2ccc(S(=O)(=O)N3CCCCC3)o2)cc1. The van der Waals surface area contributed by atoms with E-state index in [1.807, 2.05) is 13.8 Å². The molecule has 162 valence electrons. The number of nitrogens with zero attached hydrogens (tertiary/aromatic N) is 1. The first-order chi connectivity index (χ1) is 14.3. The van der Waals surface area contributed by atoms with Crippen LogP contribution in [0.4, 0.5) is 5.69 Å². The van der Waals surface area contributed by atoms with Crippen molar-refractivity contribution in [1.29, 1.82) is 0 Å². The summed E-state index contributed by atoms with van der Waals surface area (Å²) in [5.74, 6) is -0.689. The van der Waals surface area contributed by atoms with Gasteiger partial charge in [0.15, 0.2) is 5.76 Å². The van der Waals surface area contributed by atoms with E-state index in [1.165, 1.54) is 16.4 Å². The summed E-state index contributed by atoms with van der Waals surface area (Å²) in [6.45, 7) is 4.72. The molecule has 2 heterocycles. The number of hydrogen-bond donors (Lipinski definition) is 2. The maximum atomic E-state index is 12.6. The number of furan rings is 1. The number of benzene rings is 1. The number of hydrogen-bond acceptors (Lipinski definition) is 5. The highest BCUT2D eigenvalue weighted by Crippen LogP contribution is 2.23. The highest BCUT2D eigenvalue weighted by molar-refractivity contribution is 7.89. The van der Waals surface area contributed by atoms with Gasteiger partial charge in [0.2, 0.25) is 11.0 Å². The van der Waals surface area contributed by atoms with E-state index in [0.717, 1.165) is 24.8 Å². The van der Waals surface area contributed by atoms with Gasteiger partial charge in [0.1, 0.15) is 0 Å². The smallest absolute Gasteiger partial charge is 0.291 e. The highest BCUT2D eigenvalue weighted by atomic mass is 32.2. The summed E-state index contributed by atoms with van der Waals surface area (Å²) in [7, 11) is -3.72. The summed E-state index contributed by atoms with van der Waals surface area (Å²) in [5.41, 5.74) is 1.34. The van der Waals surface area contributed by atoms with Crippen LogP contribution in [0.5, 0.6) is 0 Å². The lowest BCUT2D eigenvalue weighted by Gasteiger charge is -2.24. The molecular weight excluding hydrogens is 406 g/mol. The first kappa shape index (κ1) is 22.0. The van der Waals surface area contributed by atoms with Crippen LogP contribution in [0.25, 0.3) is 0 Å². The maximum Gasteiger partial charge on any atom is 0.291 e. The molecule has 1 saturated heterocycles. The van der Waals surface area contributed by atoms with Crippen LogP contribution in [0, 0.1) is 0 Å². The van der Waals surface area contributed by atoms with Gasteiger partial charge in [-0.25, -0.2) is 8.42 Å². The van der Waals surface area contributed by atoms with Crippen molar-refractivity contribution in [3.63, 3.8) is 0 Å². The summed E-state index contributed by atoms with van der Waals surface area (Å²) < 4.78 is 32.0. The molecule has 8 nitrogen and oxygen atoms in total. The molecule has 2 aromatic rings. The number of anilines is 1. The molecule has 0 unspecified atom stereocenters. The van der Waals surface area contributed by atoms with Crippen molar-refractivity contribution >= 4 is 27.5 Å². The number of carbonyl (C=O) groups is 2. The first-order valence-corrected chi connectivity index (χ1v) is 11.5. The van der Waals surface area contributed by atoms with Crippen molar-refractivity contribution in [3.05, 3.63) is 47.7 Å². The summed E-state index contributed by atoms with van der Waals surface area (Å²) in [6, 6.07) is 9.63. The monoisotopic (exact) mass is 433 g/mol. The average Bonchev–Trinajstić information content (AvgIpc) is 3.21. The minimum absolute atomic E-state index is 0.0696. The second-order valence-corrected chi connectivity index (χ2v) is 9.50. The van der Waals surface area contributed by atoms with Gasteiger partial charge in [-0.15, -0.1) is 0 Å². The zero-order valence-corrected chi connectivity index (χ0v) is 18.0. The molecule has 0 radical (unpaired) electrons. The van der Waals surface area contributed by atoms with Gasteiger partial charge in [0, 0.05) is 24.8 Å². The van der Waals surface area contributed by atoms with E-state index in [9.17, 15) is 18.0 Å². The number of nitrogens with one attached hydrogen (secondary N) is 2. The van der Waals surface area contributed by atoms with E-state index in [-0.39, 0.29) is 29.2 Å². The number of piperidine rings is 1. The molecule has 1 aromatic carbocycles. The standard InChI is InChI=1S/C21H27N3O5S/c1-15(2)22-19(25)14-16-6-8-17(9-7-16)23-21(26)18-10-11-20(29-18)30(27,28)24-12-4-3-5-13-24/h6-11,15H,3-5,12-14H2,1-2H3,(H,22,25)(H,23,26). The average molecular weight is 434 g/mol. The summed E-state index contributed by atoms with van der Waals surface area (Å²) in [5, 5.41) is 5.28. The Bertz CT molecular complexity index is 990. The maximum absolute atomic E-state index is 12.6. The molecule has 9 heteroatoms. The van der Waals surface area contributed by atoms with Gasteiger partial charge in [-0.05, 0) is 56.5 Å². The number of carbonyl (C=O) groups excluding carboxylic acids is 2. The molecule has 30 heavy (non-hydrogen) atoms. The van der Waals surface area contributed by atoms with E-state index in [1.54, 1.807) is 24.3 Å². The molecule has 0 atom stereocenters. The molecule has 3 rings (SSSR count). The van der Waals surface area contributed by atoms with Gasteiger partial charge in [-0.1, -0.05) is 18.6 Å². The van der Waals surface area contributed by atoms with Gasteiger partial charge < -0.3 is 15.1 Å². The topological polar surface area (TPSA) is 109 Å². The van der Waals surface area contributed by atoms with Crippen molar-refractivity contribution < 1.29 is 22.4 Å². The molecular formula is C21H27N3O5S. The van der Waals surface area contributed by atoms with Crippen LogP contribution >= 0.6 is 0 Å². The molecule has 0 aliphatic carbocycles. The lowest BCUT2D eigenvalue weighted by atomic mass is 10.1.